The molecule has 0 aromatic carbocycles. The van der Waals surface area contributed by atoms with Crippen molar-refractivity contribution in [2.75, 3.05) is 34.8 Å². The topological polar surface area (TPSA) is 75.2 Å². The van der Waals surface area contributed by atoms with Crippen LogP contribution in [-0.2, 0) is 16.3 Å². The van der Waals surface area contributed by atoms with E-state index >= 15 is 0 Å². The van der Waals surface area contributed by atoms with Crippen molar-refractivity contribution in [2.24, 2.45) is 0 Å². The lowest BCUT2D eigenvalue weighted by molar-refractivity contribution is 0.566. The van der Waals surface area contributed by atoms with Crippen molar-refractivity contribution in [3.05, 3.63) is 11.9 Å². The molecular formula is C13H22N4O2S. The van der Waals surface area contributed by atoms with Crippen LogP contribution in [0.4, 0.5) is 11.6 Å². The zero-order chi connectivity index (χ0) is 14.8. The molecule has 1 atom stereocenters. The van der Waals surface area contributed by atoms with Crippen LogP contribution in [0.15, 0.2) is 6.07 Å². The quantitative estimate of drug-likeness (QED) is 0.897. The second-order valence-corrected chi connectivity index (χ2v) is 7.30. The van der Waals surface area contributed by atoms with Gasteiger partial charge in [0, 0.05) is 31.6 Å². The number of aromatic nitrogens is 2. The van der Waals surface area contributed by atoms with Gasteiger partial charge in [-0.2, -0.15) is 0 Å². The molecule has 0 spiro atoms. The molecular weight excluding hydrogens is 276 g/mol. The predicted molar refractivity (Wildman–Crippen MR) is 81.0 cm³/mol. The Labute approximate surface area is 120 Å². The lowest BCUT2D eigenvalue weighted by Gasteiger charge is -2.34. The maximum absolute atomic E-state index is 11.7. The number of nitrogens with one attached hydrogen (secondary N) is 1. The van der Waals surface area contributed by atoms with E-state index in [0.717, 1.165) is 30.4 Å². The molecule has 0 bridgehead atoms. The number of hydrogen-bond donors (Lipinski definition) is 1. The first-order valence-corrected chi connectivity index (χ1v) is 8.86. The molecule has 0 saturated carbocycles. The van der Waals surface area contributed by atoms with Gasteiger partial charge in [-0.1, -0.05) is 6.92 Å². The smallest absolute Gasteiger partial charge is 0.154 e. The first-order chi connectivity index (χ1) is 9.45. The normalized spacial score (nSPS) is 21.8. The summed E-state index contributed by atoms with van der Waals surface area (Å²) in [5.74, 6) is 2.78. The zero-order valence-corrected chi connectivity index (χ0v) is 13.1. The molecule has 112 valence electrons. The number of rotatable bonds is 4. The van der Waals surface area contributed by atoms with Crippen LogP contribution in [0.1, 0.15) is 26.6 Å². The summed E-state index contributed by atoms with van der Waals surface area (Å²) in [5.41, 5.74) is 0. The molecule has 1 aliphatic heterocycles. The summed E-state index contributed by atoms with van der Waals surface area (Å²) in [6.07, 6.45) is 0.757. The molecule has 6 nitrogen and oxygen atoms in total. The Morgan fingerprint density at radius 2 is 2.15 bits per heavy atom. The van der Waals surface area contributed by atoms with E-state index in [1.54, 1.807) is 0 Å². The van der Waals surface area contributed by atoms with Crippen molar-refractivity contribution in [1.82, 2.24) is 9.97 Å². The summed E-state index contributed by atoms with van der Waals surface area (Å²) in [4.78, 5) is 11.0. The van der Waals surface area contributed by atoms with Gasteiger partial charge in [0.25, 0.3) is 0 Å². The maximum Gasteiger partial charge on any atom is 0.154 e. The van der Waals surface area contributed by atoms with Gasteiger partial charge in [0.2, 0.25) is 0 Å². The second-order valence-electron chi connectivity index (χ2n) is 5.07. The summed E-state index contributed by atoms with van der Waals surface area (Å²) < 4.78 is 23.3. The molecule has 0 amide bonds. The minimum Gasteiger partial charge on any atom is -0.370 e. The lowest BCUT2D eigenvalue weighted by Crippen LogP contribution is -2.47. The van der Waals surface area contributed by atoms with E-state index < -0.39 is 9.84 Å². The molecule has 1 saturated heterocycles. The fourth-order valence-electron chi connectivity index (χ4n) is 2.40. The second kappa shape index (κ2) is 5.95. The van der Waals surface area contributed by atoms with Gasteiger partial charge in [-0.15, -0.1) is 0 Å². The van der Waals surface area contributed by atoms with Crippen molar-refractivity contribution < 1.29 is 8.42 Å². The van der Waals surface area contributed by atoms with Crippen LogP contribution in [0.25, 0.3) is 0 Å². The third-order valence-corrected chi connectivity index (χ3v) is 5.19. The van der Waals surface area contributed by atoms with Crippen LogP contribution in [0.3, 0.4) is 0 Å². The minimum absolute atomic E-state index is 0.0529. The fourth-order valence-corrected chi connectivity index (χ4v) is 3.96. The standard InChI is InChI=1S/C13H22N4O2S/c1-4-11-15-12(14-5-2)8-13(16-11)17-6-7-20(18,19)9-10(17)3/h8,10H,4-7,9H2,1-3H3,(H,14,15,16). The molecule has 0 aliphatic carbocycles. The fraction of sp³-hybridized carbons (Fsp3) is 0.692. The van der Waals surface area contributed by atoms with Crippen LogP contribution >= 0.6 is 0 Å². The van der Waals surface area contributed by atoms with Crippen LogP contribution in [0.5, 0.6) is 0 Å². The van der Waals surface area contributed by atoms with Gasteiger partial charge < -0.3 is 10.2 Å². The first-order valence-electron chi connectivity index (χ1n) is 7.04. The Morgan fingerprint density at radius 1 is 1.40 bits per heavy atom. The van der Waals surface area contributed by atoms with Gasteiger partial charge in [-0.25, -0.2) is 18.4 Å². The highest BCUT2D eigenvalue weighted by atomic mass is 32.2. The van der Waals surface area contributed by atoms with Gasteiger partial charge in [0.1, 0.15) is 17.5 Å². The van der Waals surface area contributed by atoms with Crippen LogP contribution in [0.2, 0.25) is 0 Å². The summed E-state index contributed by atoms with van der Waals surface area (Å²) in [6.45, 7) is 7.25. The monoisotopic (exact) mass is 298 g/mol. The zero-order valence-electron chi connectivity index (χ0n) is 12.3. The molecule has 1 aromatic heterocycles. The van der Waals surface area contributed by atoms with E-state index in [0.29, 0.717) is 6.54 Å². The van der Waals surface area contributed by atoms with E-state index in [1.165, 1.54) is 0 Å². The van der Waals surface area contributed by atoms with E-state index in [4.69, 9.17) is 0 Å². The maximum atomic E-state index is 11.7. The van der Waals surface area contributed by atoms with Crippen LogP contribution in [0, 0.1) is 0 Å². The van der Waals surface area contributed by atoms with Crippen molar-refractivity contribution in [2.45, 2.75) is 33.2 Å². The molecule has 1 fully saturated rings. The number of nitrogens with zero attached hydrogens (tertiary/aromatic N) is 3. The summed E-state index contributed by atoms with van der Waals surface area (Å²) in [6, 6.07) is 1.85. The third-order valence-electron chi connectivity index (χ3n) is 3.40. The largest absolute Gasteiger partial charge is 0.370 e. The molecule has 2 heterocycles. The molecule has 2 rings (SSSR count). The van der Waals surface area contributed by atoms with Crippen molar-refractivity contribution in [3.63, 3.8) is 0 Å². The van der Waals surface area contributed by atoms with E-state index in [1.807, 2.05) is 26.8 Å². The molecule has 1 aliphatic rings. The number of hydrogen-bond acceptors (Lipinski definition) is 6. The predicted octanol–water partition coefficient (Wildman–Crippen LogP) is 1.09. The Balaban J connectivity index is 2.29. The van der Waals surface area contributed by atoms with Crippen molar-refractivity contribution >= 4 is 21.5 Å². The van der Waals surface area contributed by atoms with Crippen LogP contribution < -0.4 is 10.2 Å². The number of aryl methyl sites for hydroxylation is 1. The summed E-state index contributed by atoms with van der Waals surface area (Å²) in [5, 5.41) is 3.20. The van der Waals surface area contributed by atoms with Crippen molar-refractivity contribution in [3.8, 4) is 0 Å². The first kappa shape index (κ1) is 15.0. The summed E-state index contributed by atoms with van der Waals surface area (Å²) >= 11 is 0. The molecule has 1 aromatic rings. The van der Waals surface area contributed by atoms with E-state index in [9.17, 15) is 8.42 Å². The molecule has 1 unspecified atom stereocenters. The molecule has 0 radical (unpaired) electrons. The average Bonchev–Trinajstić information content (AvgIpc) is 2.37. The third kappa shape index (κ3) is 3.39. The Kier molecular flexibility index (Phi) is 4.47. The van der Waals surface area contributed by atoms with Crippen LogP contribution in [-0.4, -0.2) is 49.0 Å². The van der Waals surface area contributed by atoms with E-state index in [-0.39, 0.29) is 17.5 Å². The molecule has 20 heavy (non-hydrogen) atoms. The van der Waals surface area contributed by atoms with Crippen molar-refractivity contribution in [1.29, 1.82) is 0 Å². The van der Waals surface area contributed by atoms with E-state index in [2.05, 4.69) is 20.2 Å². The van der Waals surface area contributed by atoms with Gasteiger partial charge >= 0.3 is 0 Å². The molecule has 1 N–H and O–H groups in total. The SMILES string of the molecule is CCNc1cc(N2CCS(=O)(=O)CC2C)nc(CC)n1. The number of anilines is 2. The Hall–Kier alpha value is -1.37. The van der Waals surface area contributed by atoms with Gasteiger partial charge in [0.05, 0.1) is 11.5 Å². The average molecular weight is 298 g/mol. The highest BCUT2D eigenvalue weighted by molar-refractivity contribution is 7.91. The molecule has 7 heteroatoms. The number of sulfone groups is 1. The summed E-state index contributed by atoms with van der Waals surface area (Å²) in [7, 11) is -2.91. The van der Waals surface area contributed by atoms with Gasteiger partial charge in [-0.05, 0) is 13.8 Å². The Morgan fingerprint density at radius 3 is 2.75 bits per heavy atom. The Bertz CT molecular complexity index is 574. The van der Waals surface area contributed by atoms with Gasteiger partial charge in [-0.3, -0.25) is 0 Å². The highest BCUT2D eigenvalue weighted by Crippen LogP contribution is 2.22. The highest BCUT2D eigenvalue weighted by Gasteiger charge is 2.29. The lowest BCUT2D eigenvalue weighted by atomic mass is 10.3. The minimum atomic E-state index is -2.91. The van der Waals surface area contributed by atoms with Gasteiger partial charge in [0.15, 0.2) is 9.84 Å².